The van der Waals surface area contributed by atoms with E-state index in [0.717, 1.165) is 141 Å². The number of carbonyl (C=O) groups excluding carboxylic acids is 4. The number of allylic oxidation sites excluding steroid dienone is 16. The second-order valence-corrected chi connectivity index (χ2v) is 29.9. The van der Waals surface area contributed by atoms with Gasteiger partial charge < -0.3 is 33.8 Å². The lowest BCUT2D eigenvalue weighted by molar-refractivity contribution is -0.161. The van der Waals surface area contributed by atoms with Gasteiger partial charge in [-0.1, -0.05) is 305 Å². The van der Waals surface area contributed by atoms with E-state index >= 15 is 0 Å². The summed E-state index contributed by atoms with van der Waals surface area (Å²) in [5, 5.41) is 10.6. The zero-order chi connectivity index (χ0) is 74.6. The Hall–Kier alpha value is -4.02. The van der Waals surface area contributed by atoms with Crippen molar-refractivity contribution in [2.24, 2.45) is 0 Å². The van der Waals surface area contributed by atoms with E-state index in [-0.39, 0.29) is 25.7 Å². The normalized spacial score (nSPS) is 14.4. The number of ether oxygens (including phenoxy) is 4. The molecule has 0 aromatic carbocycles. The van der Waals surface area contributed by atoms with Gasteiger partial charge in [0.15, 0.2) is 12.2 Å². The van der Waals surface area contributed by atoms with Gasteiger partial charge in [-0.2, -0.15) is 0 Å². The minimum atomic E-state index is -4.99. The van der Waals surface area contributed by atoms with Crippen LogP contribution in [0.5, 0.6) is 0 Å². The summed E-state index contributed by atoms with van der Waals surface area (Å²) in [6, 6.07) is 0. The molecular weight excluding hydrogens is 1330 g/mol. The highest BCUT2D eigenvalue weighted by atomic mass is 31.2. The number of phosphoric acid groups is 2. The van der Waals surface area contributed by atoms with Crippen molar-refractivity contribution >= 4 is 39.5 Å². The fraction of sp³-hybridized carbons (Fsp3) is 0.759. The molecule has 0 radical (unpaired) electrons. The molecule has 0 amide bonds. The molecule has 3 N–H and O–H groups in total. The SMILES string of the molecule is CC/C=C\C/C=C\C/C=C\C/C=C\C/C=C\C/C=C\CCC(=O)OC[C@H](COP(=O)(O)OC[C@@H](O)COP(=O)(O)OC[C@@H](COC(=O)CCCCCCCCCCCCCCC)OC(=O)CCCCCCCCC/C=C\CCCCCC)OC(=O)CCCCCCC/C=C\CCCCCCCC. The van der Waals surface area contributed by atoms with E-state index in [4.69, 9.17) is 37.0 Å². The van der Waals surface area contributed by atoms with Crippen molar-refractivity contribution in [1.82, 2.24) is 0 Å². The molecule has 590 valence electrons. The highest BCUT2D eigenvalue weighted by Gasteiger charge is 2.30. The Labute approximate surface area is 620 Å². The number of hydrogen-bond acceptors (Lipinski definition) is 15. The number of rotatable bonds is 76. The number of esters is 4. The van der Waals surface area contributed by atoms with Crippen molar-refractivity contribution in [2.75, 3.05) is 39.6 Å². The molecule has 5 atom stereocenters. The molecule has 19 heteroatoms. The lowest BCUT2D eigenvalue weighted by Gasteiger charge is -2.21. The number of carbonyl (C=O) groups is 4. The summed E-state index contributed by atoms with van der Waals surface area (Å²) in [5.74, 6) is -2.26. The van der Waals surface area contributed by atoms with Crippen LogP contribution in [0.3, 0.4) is 0 Å². The van der Waals surface area contributed by atoms with Gasteiger partial charge in [0.1, 0.15) is 19.3 Å². The molecule has 0 aliphatic heterocycles. The van der Waals surface area contributed by atoms with Crippen LogP contribution in [-0.2, 0) is 65.4 Å². The maximum Gasteiger partial charge on any atom is 0.472 e. The maximum absolute atomic E-state index is 13.1. The van der Waals surface area contributed by atoms with Gasteiger partial charge in [0.2, 0.25) is 0 Å². The molecule has 0 aliphatic rings. The summed E-state index contributed by atoms with van der Waals surface area (Å²) in [7, 11) is -9.97. The lowest BCUT2D eigenvalue weighted by Crippen LogP contribution is -2.30. The lowest BCUT2D eigenvalue weighted by atomic mass is 10.0. The molecule has 0 spiro atoms. The highest BCUT2D eigenvalue weighted by Crippen LogP contribution is 2.45. The largest absolute Gasteiger partial charge is 0.472 e. The molecular formula is C83H146O17P2. The maximum atomic E-state index is 13.1. The van der Waals surface area contributed by atoms with Crippen LogP contribution in [0.2, 0.25) is 0 Å². The smallest absolute Gasteiger partial charge is 0.462 e. The average molecular weight is 1480 g/mol. The van der Waals surface area contributed by atoms with Gasteiger partial charge in [-0.15, -0.1) is 0 Å². The minimum Gasteiger partial charge on any atom is -0.462 e. The van der Waals surface area contributed by atoms with Gasteiger partial charge >= 0.3 is 39.5 Å². The molecule has 0 aromatic heterocycles. The monoisotopic (exact) mass is 1480 g/mol. The molecule has 0 fully saturated rings. The molecule has 0 rings (SSSR count). The average Bonchev–Trinajstić information content (AvgIpc) is 0.920. The van der Waals surface area contributed by atoms with Gasteiger partial charge in [0.05, 0.1) is 26.4 Å². The molecule has 0 saturated heterocycles. The number of aliphatic hydroxyl groups is 1. The van der Waals surface area contributed by atoms with Gasteiger partial charge in [0.25, 0.3) is 0 Å². The fourth-order valence-corrected chi connectivity index (χ4v) is 12.5. The Morgan fingerprint density at radius 3 is 0.853 bits per heavy atom. The minimum absolute atomic E-state index is 0.0352. The summed E-state index contributed by atoms with van der Waals surface area (Å²) >= 11 is 0. The number of hydrogen-bond donors (Lipinski definition) is 3. The molecule has 0 saturated carbocycles. The summed E-state index contributed by atoms with van der Waals surface area (Å²) in [6.45, 7) is 4.69. The summed E-state index contributed by atoms with van der Waals surface area (Å²) in [4.78, 5) is 73.0. The summed E-state index contributed by atoms with van der Waals surface area (Å²) in [5.41, 5.74) is 0. The molecule has 17 nitrogen and oxygen atoms in total. The van der Waals surface area contributed by atoms with Crippen LogP contribution >= 0.6 is 15.6 Å². The van der Waals surface area contributed by atoms with Crippen LogP contribution < -0.4 is 0 Å². The van der Waals surface area contributed by atoms with E-state index in [1.807, 2.05) is 18.2 Å². The molecule has 0 bridgehead atoms. The van der Waals surface area contributed by atoms with Gasteiger partial charge in [-0.3, -0.25) is 37.3 Å². The van der Waals surface area contributed by atoms with E-state index in [1.54, 1.807) is 0 Å². The standard InChI is InChI=1S/C83H146O17P2/c1-5-9-13-17-21-25-29-33-36-37-38-39-42-44-48-52-56-60-64-68-81(86)94-74-79(100-83(88)70-66-62-58-54-50-46-41-35-31-27-23-19-15-11-7-3)76-98-102(91,92)96-72-77(84)71-95-101(89,90)97-75-78(73-93-80(85)67-63-59-55-51-47-43-32-28-24-20-16-12-8-4)99-82(87)69-65-61-57-53-49-45-40-34-30-26-22-18-14-10-6-2/h9,13,21,25-26,30,33,35-36,38-39,41,44,48,56,60,77-79,84H,5-8,10-12,14-20,22-24,27-29,31-32,34,37,40,42-43,45-47,49-55,57-59,61-76H2,1-4H3,(H,89,90)(H,91,92)/b13-9-,25-21-,30-26-,36-33-,39-38-,41-35-,48-44-,60-56-/t77-,78+,79+/m0/s1. The Morgan fingerprint density at radius 2 is 0.529 bits per heavy atom. The van der Waals surface area contributed by atoms with Crippen molar-refractivity contribution in [2.45, 2.75) is 367 Å². The van der Waals surface area contributed by atoms with Crippen molar-refractivity contribution < 1.29 is 80.2 Å². The second kappa shape index (κ2) is 75.2. The van der Waals surface area contributed by atoms with E-state index in [2.05, 4.69) is 107 Å². The Kier molecular flexibility index (Phi) is 72.3. The zero-order valence-corrected chi connectivity index (χ0v) is 66.3. The quantitative estimate of drug-likeness (QED) is 0.0169. The van der Waals surface area contributed by atoms with Crippen LogP contribution in [-0.4, -0.2) is 96.7 Å². The van der Waals surface area contributed by atoms with Crippen LogP contribution in [0.25, 0.3) is 0 Å². The Morgan fingerprint density at radius 1 is 0.284 bits per heavy atom. The molecule has 0 aromatic rings. The number of aliphatic hydroxyl groups excluding tert-OH is 1. The van der Waals surface area contributed by atoms with Crippen LogP contribution in [0.4, 0.5) is 0 Å². The van der Waals surface area contributed by atoms with E-state index in [9.17, 15) is 43.2 Å². The van der Waals surface area contributed by atoms with Crippen LogP contribution in [0.15, 0.2) is 97.2 Å². The molecule has 0 aliphatic carbocycles. The van der Waals surface area contributed by atoms with E-state index < -0.39 is 97.5 Å². The third-order valence-electron chi connectivity index (χ3n) is 17.0. The first-order valence-corrected chi connectivity index (χ1v) is 43.5. The third-order valence-corrected chi connectivity index (χ3v) is 18.9. The Bertz CT molecular complexity index is 2310. The predicted molar refractivity (Wildman–Crippen MR) is 418 cm³/mol. The van der Waals surface area contributed by atoms with E-state index in [1.165, 1.54) is 122 Å². The van der Waals surface area contributed by atoms with E-state index in [0.29, 0.717) is 32.1 Å². The Balaban J connectivity index is 5.41. The first-order valence-electron chi connectivity index (χ1n) is 40.5. The first-order chi connectivity index (χ1) is 49.7. The number of unbranched alkanes of at least 4 members (excludes halogenated alkanes) is 34. The van der Waals surface area contributed by atoms with Crippen LogP contribution in [0, 0.1) is 0 Å². The van der Waals surface area contributed by atoms with Crippen molar-refractivity contribution in [3.63, 3.8) is 0 Å². The van der Waals surface area contributed by atoms with Gasteiger partial charge in [-0.05, 0) is 116 Å². The van der Waals surface area contributed by atoms with Crippen molar-refractivity contribution in [1.29, 1.82) is 0 Å². The summed E-state index contributed by atoms with van der Waals surface area (Å²) < 4.78 is 68.5. The fourth-order valence-electron chi connectivity index (χ4n) is 10.9. The predicted octanol–water partition coefficient (Wildman–Crippen LogP) is 23.6. The molecule has 2 unspecified atom stereocenters. The van der Waals surface area contributed by atoms with Crippen molar-refractivity contribution in [3.8, 4) is 0 Å². The van der Waals surface area contributed by atoms with Crippen LogP contribution in [0.1, 0.15) is 349 Å². The number of phosphoric ester groups is 2. The topological polar surface area (TPSA) is 237 Å². The first kappa shape index (κ1) is 98.0. The van der Waals surface area contributed by atoms with Gasteiger partial charge in [-0.25, -0.2) is 9.13 Å². The molecule has 0 heterocycles. The highest BCUT2D eigenvalue weighted by molar-refractivity contribution is 7.47. The summed E-state index contributed by atoms with van der Waals surface area (Å²) in [6.07, 6.45) is 79.7. The second-order valence-electron chi connectivity index (χ2n) is 27.0. The third kappa shape index (κ3) is 74.3. The van der Waals surface area contributed by atoms with Crippen molar-refractivity contribution in [3.05, 3.63) is 97.2 Å². The van der Waals surface area contributed by atoms with Gasteiger partial charge in [0, 0.05) is 25.7 Å². The molecule has 102 heavy (non-hydrogen) atoms. The zero-order valence-electron chi connectivity index (χ0n) is 64.5.